The Morgan fingerprint density at radius 2 is 2.39 bits per heavy atom. The van der Waals surface area contributed by atoms with Crippen LogP contribution in [0.3, 0.4) is 0 Å². The molecule has 1 aliphatic heterocycles. The van der Waals surface area contributed by atoms with E-state index in [0.717, 1.165) is 38.5 Å². The minimum absolute atomic E-state index is 0.213. The molecule has 1 aliphatic rings. The van der Waals surface area contributed by atoms with Crippen LogP contribution < -0.4 is 5.32 Å². The minimum Gasteiger partial charge on any atom is -0.374 e. The molecule has 1 N–H and O–H groups in total. The molecule has 0 aliphatic carbocycles. The fourth-order valence-corrected chi connectivity index (χ4v) is 2.22. The van der Waals surface area contributed by atoms with Gasteiger partial charge in [-0.3, -0.25) is 4.90 Å². The predicted octanol–water partition coefficient (Wildman–Crippen LogP) is 0.107. The van der Waals surface area contributed by atoms with Gasteiger partial charge in [0.1, 0.15) is 0 Å². The molecular formula is C12H23N5O. The summed E-state index contributed by atoms with van der Waals surface area (Å²) in [6.07, 6.45) is 2.19. The Morgan fingerprint density at radius 3 is 3.11 bits per heavy atom. The second kappa shape index (κ2) is 6.26. The zero-order valence-corrected chi connectivity index (χ0v) is 11.5. The van der Waals surface area contributed by atoms with E-state index in [1.807, 2.05) is 17.9 Å². The van der Waals surface area contributed by atoms with Crippen molar-refractivity contribution in [2.24, 2.45) is 0 Å². The molecule has 18 heavy (non-hydrogen) atoms. The number of hydrogen-bond donors (Lipinski definition) is 1. The van der Waals surface area contributed by atoms with Crippen LogP contribution in [0.25, 0.3) is 0 Å². The standard InChI is InChI=1S/C12H23N5O/c1-10(2)16-4-5-18-12(8-16)9-17-7-11(6-13-3)14-15-17/h7,10,12-13H,4-6,8-9H2,1-3H3. The average Bonchev–Trinajstić information content (AvgIpc) is 2.77. The van der Waals surface area contributed by atoms with Gasteiger partial charge in [0.2, 0.25) is 0 Å². The number of rotatable bonds is 5. The average molecular weight is 253 g/mol. The first-order valence-corrected chi connectivity index (χ1v) is 6.58. The van der Waals surface area contributed by atoms with Crippen LogP contribution in [0.2, 0.25) is 0 Å². The fourth-order valence-electron chi connectivity index (χ4n) is 2.22. The van der Waals surface area contributed by atoms with E-state index in [1.165, 1.54) is 0 Å². The molecule has 1 aromatic rings. The third kappa shape index (κ3) is 3.51. The highest BCUT2D eigenvalue weighted by molar-refractivity contribution is 4.91. The Labute approximate surface area is 108 Å². The molecule has 6 heteroatoms. The van der Waals surface area contributed by atoms with Gasteiger partial charge >= 0.3 is 0 Å². The smallest absolute Gasteiger partial charge is 0.0964 e. The first kappa shape index (κ1) is 13.5. The molecule has 102 valence electrons. The summed E-state index contributed by atoms with van der Waals surface area (Å²) in [5.41, 5.74) is 0.967. The Bertz CT molecular complexity index is 365. The van der Waals surface area contributed by atoms with Crippen LogP contribution >= 0.6 is 0 Å². The van der Waals surface area contributed by atoms with Crippen LogP contribution in [-0.2, 0) is 17.8 Å². The van der Waals surface area contributed by atoms with E-state index < -0.39 is 0 Å². The van der Waals surface area contributed by atoms with Crippen molar-refractivity contribution in [3.63, 3.8) is 0 Å². The van der Waals surface area contributed by atoms with E-state index >= 15 is 0 Å². The van der Waals surface area contributed by atoms with Gasteiger partial charge in [-0.25, -0.2) is 4.68 Å². The van der Waals surface area contributed by atoms with Crippen molar-refractivity contribution in [2.75, 3.05) is 26.7 Å². The monoisotopic (exact) mass is 253 g/mol. The van der Waals surface area contributed by atoms with E-state index in [-0.39, 0.29) is 6.10 Å². The molecule has 1 saturated heterocycles. The summed E-state index contributed by atoms with van der Waals surface area (Å²) in [4.78, 5) is 2.44. The predicted molar refractivity (Wildman–Crippen MR) is 69.2 cm³/mol. The lowest BCUT2D eigenvalue weighted by Crippen LogP contribution is -2.47. The third-order valence-electron chi connectivity index (χ3n) is 3.24. The highest BCUT2D eigenvalue weighted by atomic mass is 16.5. The van der Waals surface area contributed by atoms with Crippen LogP contribution in [0.5, 0.6) is 0 Å². The topological polar surface area (TPSA) is 55.2 Å². The summed E-state index contributed by atoms with van der Waals surface area (Å²) in [5.74, 6) is 0. The van der Waals surface area contributed by atoms with Gasteiger partial charge in [0.15, 0.2) is 0 Å². The number of ether oxygens (including phenoxy) is 1. The summed E-state index contributed by atoms with van der Waals surface area (Å²) in [6, 6.07) is 0.576. The lowest BCUT2D eigenvalue weighted by atomic mass is 10.2. The van der Waals surface area contributed by atoms with Crippen LogP contribution in [-0.4, -0.2) is 58.8 Å². The number of nitrogens with zero attached hydrogens (tertiary/aromatic N) is 4. The molecule has 6 nitrogen and oxygen atoms in total. The molecule has 0 spiro atoms. The van der Waals surface area contributed by atoms with Crippen molar-refractivity contribution in [2.45, 2.75) is 39.1 Å². The molecule has 1 unspecified atom stereocenters. The Morgan fingerprint density at radius 1 is 1.56 bits per heavy atom. The van der Waals surface area contributed by atoms with Crippen molar-refractivity contribution in [1.29, 1.82) is 0 Å². The number of hydrogen-bond acceptors (Lipinski definition) is 5. The van der Waals surface area contributed by atoms with Gasteiger partial charge < -0.3 is 10.1 Å². The lowest BCUT2D eigenvalue weighted by Gasteiger charge is -2.35. The molecule has 1 atom stereocenters. The maximum absolute atomic E-state index is 5.79. The highest BCUT2D eigenvalue weighted by Crippen LogP contribution is 2.10. The van der Waals surface area contributed by atoms with Gasteiger partial charge in [0.05, 0.1) is 24.9 Å². The molecule has 1 aromatic heterocycles. The number of aromatic nitrogens is 3. The molecule has 0 saturated carbocycles. The molecule has 0 radical (unpaired) electrons. The normalized spacial score (nSPS) is 21.7. The van der Waals surface area contributed by atoms with E-state index in [0.29, 0.717) is 6.04 Å². The van der Waals surface area contributed by atoms with Crippen molar-refractivity contribution in [3.05, 3.63) is 11.9 Å². The third-order valence-corrected chi connectivity index (χ3v) is 3.24. The summed E-state index contributed by atoms with van der Waals surface area (Å²) >= 11 is 0. The Hall–Kier alpha value is -0.980. The van der Waals surface area contributed by atoms with Gasteiger partial charge in [0, 0.05) is 31.9 Å². The van der Waals surface area contributed by atoms with Gasteiger partial charge in [-0.05, 0) is 20.9 Å². The second-order valence-electron chi connectivity index (χ2n) is 5.04. The summed E-state index contributed by atoms with van der Waals surface area (Å²) in [6.45, 7) is 8.78. The van der Waals surface area contributed by atoms with E-state index in [1.54, 1.807) is 0 Å². The minimum atomic E-state index is 0.213. The maximum atomic E-state index is 5.79. The van der Waals surface area contributed by atoms with Crippen molar-refractivity contribution in [1.82, 2.24) is 25.2 Å². The first-order valence-electron chi connectivity index (χ1n) is 6.58. The molecule has 1 fully saturated rings. The van der Waals surface area contributed by atoms with Crippen LogP contribution in [0.4, 0.5) is 0 Å². The van der Waals surface area contributed by atoms with E-state index in [2.05, 4.69) is 34.4 Å². The van der Waals surface area contributed by atoms with Crippen molar-refractivity contribution < 1.29 is 4.74 Å². The Kier molecular flexibility index (Phi) is 4.68. The number of nitrogens with one attached hydrogen (secondary N) is 1. The lowest BCUT2D eigenvalue weighted by molar-refractivity contribution is -0.0471. The SMILES string of the molecule is CNCc1cn(CC2CN(C(C)C)CCO2)nn1. The zero-order valence-electron chi connectivity index (χ0n) is 11.5. The summed E-state index contributed by atoms with van der Waals surface area (Å²) in [5, 5.41) is 11.3. The number of morpholine rings is 1. The van der Waals surface area contributed by atoms with E-state index in [4.69, 9.17) is 4.74 Å². The molecule has 2 rings (SSSR count). The van der Waals surface area contributed by atoms with Gasteiger partial charge in [-0.15, -0.1) is 5.10 Å². The quantitative estimate of drug-likeness (QED) is 0.807. The van der Waals surface area contributed by atoms with Crippen LogP contribution in [0.1, 0.15) is 19.5 Å². The summed E-state index contributed by atoms with van der Waals surface area (Å²) < 4.78 is 7.66. The van der Waals surface area contributed by atoms with E-state index in [9.17, 15) is 0 Å². The molecule has 0 aromatic carbocycles. The fraction of sp³-hybridized carbons (Fsp3) is 0.833. The van der Waals surface area contributed by atoms with Crippen molar-refractivity contribution in [3.8, 4) is 0 Å². The highest BCUT2D eigenvalue weighted by Gasteiger charge is 2.22. The largest absolute Gasteiger partial charge is 0.374 e. The van der Waals surface area contributed by atoms with Crippen molar-refractivity contribution >= 4 is 0 Å². The maximum Gasteiger partial charge on any atom is 0.0964 e. The van der Waals surface area contributed by atoms with Gasteiger partial charge in [0.25, 0.3) is 0 Å². The first-order chi connectivity index (χ1) is 8.69. The zero-order chi connectivity index (χ0) is 13.0. The van der Waals surface area contributed by atoms with Crippen LogP contribution in [0, 0.1) is 0 Å². The van der Waals surface area contributed by atoms with Gasteiger partial charge in [-0.1, -0.05) is 5.21 Å². The second-order valence-corrected chi connectivity index (χ2v) is 5.04. The summed E-state index contributed by atoms with van der Waals surface area (Å²) in [7, 11) is 1.91. The van der Waals surface area contributed by atoms with Gasteiger partial charge in [-0.2, -0.15) is 0 Å². The molecule has 2 heterocycles. The molecule has 0 amide bonds. The van der Waals surface area contributed by atoms with Crippen LogP contribution in [0.15, 0.2) is 6.20 Å². The molecule has 0 bridgehead atoms. The molecular weight excluding hydrogens is 230 g/mol. The Balaban J connectivity index is 1.87.